The molecule has 0 aliphatic carbocycles. The molecule has 0 saturated carbocycles. The van der Waals surface area contributed by atoms with Gasteiger partial charge in [-0.1, -0.05) is 58.0 Å². The number of para-hydroxylation sites is 1. The second-order valence-corrected chi connectivity index (χ2v) is 7.08. The van der Waals surface area contributed by atoms with Crippen LogP contribution >= 0.6 is 0 Å². The van der Waals surface area contributed by atoms with Crippen LogP contribution in [-0.4, -0.2) is 18.5 Å². The molecule has 0 heterocycles. The van der Waals surface area contributed by atoms with Gasteiger partial charge in [0.05, 0.1) is 5.56 Å². The topological polar surface area (TPSA) is 55.4 Å². The number of esters is 1. The SMILES string of the molecule is CCc1cccc(CC)c1NC(=O)COC(=O)c1ccc(CC(C)C)cc1. The van der Waals surface area contributed by atoms with Crippen LogP contribution in [0.4, 0.5) is 5.69 Å². The van der Waals surface area contributed by atoms with Crippen molar-refractivity contribution in [2.75, 3.05) is 11.9 Å². The first-order chi connectivity index (χ1) is 12.9. The lowest BCUT2D eigenvalue weighted by Crippen LogP contribution is -2.22. The number of ether oxygens (including phenoxy) is 1. The Hall–Kier alpha value is -2.62. The summed E-state index contributed by atoms with van der Waals surface area (Å²) in [6, 6.07) is 13.4. The molecule has 0 aliphatic heterocycles. The third kappa shape index (κ3) is 5.95. The predicted molar refractivity (Wildman–Crippen MR) is 109 cm³/mol. The Balaban J connectivity index is 1.95. The molecule has 27 heavy (non-hydrogen) atoms. The number of aryl methyl sites for hydroxylation is 2. The molecule has 4 heteroatoms. The maximum absolute atomic E-state index is 12.3. The summed E-state index contributed by atoms with van der Waals surface area (Å²) in [5.41, 5.74) is 4.63. The Morgan fingerprint density at radius 2 is 1.56 bits per heavy atom. The van der Waals surface area contributed by atoms with Crippen molar-refractivity contribution in [1.29, 1.82) is 0 Å². The van der Waals surface area contributed by atoms with Crippen LogP contribution in [0.25, 0.3) is 0 Å². The molecule has 2 aromatic carbocycles. The van der Waals surface area contributed by atoms with Crippen molar-refractivity contribution >= 4 is 17.6 Å². The molecule has 0 spiro atoms. The Kier molecular flexibility index (Phi) is 7.59. The van der Waals surface area contributed by atoms with Gasteiger partial charge in [-0.25, -0.2) is 4.79 Å². The van der Waals surface area contributed by atoms with Gasteiger partial charge in [0.15, 0.2) is 6.61 Å². The molecular weight excluding hydrogens is 338 g/mol. The average Bonchev–Trinajstić information content (AvgIpc) is 2.66. The zero-order valence-corrected chi connectivity index (χ0v) is 16.7. The molecule has 0 bridgehead atoms. The summed E-state index contributed by atoms with van der Waals surface area (Å²) in [5.74, 6) is -0.248. The number of anilines is 1. The van der Waals surface area contributed by atoms with Crippen molar-refractivity contribution in [3.63, 3.8) is 0 Å². The molecular formula is C23H29NO3. The Morgan fingerprint density at radius 3 is 2.07 bits per heavy atom. The smallest absolute Gasteiger partial charge is 0.338 e. The number of amides is 1. The summed E-state index contributed by atoms with van der Waals surface area (Å²) in [4.78, 5) is 24.5. The Labute approximate surface area is 161 Å². The molecule has 0 radical (unpaired) electrons. The molecule has 2 rings (SSSR count). The molecule has 0 unspecified atom stereocenters. The van der Waals surface area contributed by atoms with E-state index in [0.717, 1.165) is 36.1 Å². The molecule has 2 aromatic rings. The summed E-state index contributed by atoms with van der Waals surface area (Å²) in [7, 11) is 0. The van der Waals surface area contributed by atoms with Crippen LogP contribution in [0.5, 0.6) is 0 Å². The van der Waals surface area contributed by atoms with E-state index < -0.39 is 5.97 Å². The second-order valence-electron chi connectivity index (χ2n) is 7.08. The quantitative estimate of drug-likeness (QED) is 0.682. The van der Waals surface area contributed by atoms with E-state index in [1.165, 1.54) is 5.56 Å². The van der Waals surface area contributed by atoms with Gasteiger partial charge in [0.25, 0.3) is 5.91 Å². The second kappa shape index (κ2) is 9.91. The summed E-state index contributed by atoms with van der Waals surface area (Å²) in [5, 5.41) is 2.90. The van der Waals surface area contributed by atoms with Gasteiger partial charge in [0, 0.05) is 5.69 Å². The lowest BCUT2D eigenvalue weighted by molar-refractivity contribution is -0.119. The number of benzene rings is 2. The van der Waals surface area contributed by atoms with E-state index in [1.807, 2.05) is 44.2 Å². The maximum atomic E-state index is 12.3. The standard InChI is InChI=1S/C23H29NO3/c1-5-18-8-7-9-19(6-2)22(18)24-21(25)15-27-23(26)20-12-10-17(11-13-20)14-16(3)4/h7-13,16H,5-6,14-15H2,1-4H3,(H,24,25). The first-order valence-electron chi connectivity index (χ1n) is 9.61. The van der Waals surface area contributed by atoms with Gasteiger partial charge >= 0.3 is 5.97 Å². The van der Waals surface area contributed by atoms with E-state index in [0.29, 0.717) is 11.5 Å². The first kappa shape index (κ1) is 20.7. The number of carbonyl (C=O) groups excluding carboxylic acids is 2. The van der Waals surface area contributed by atoms with Gasteiger partial charge < -0.3 is 10.1 Å². The van der Waals surface area contributed by atoms with Gasteiger partial charge in [-0.2, -0.15) is 0 Å². The van der Waals surface area contributed by atoms with Crippen molar-refractivity contribution in [3.8, 4) is 0 Å². The van der Waals surface area contributed by atoms with Crippen LogP contribution in [0, 0.1) is 5.92 Å². The van der Waals surface area contributed by atoms with Crippen molar-refractivity contribution in [2.24, 2.45) is 5.92 Å². The third-order valence-electron chi connectivity index (χ3n) is 4.43. The van der Waals surface area contributed by atoms with E-state index in [9.17, 15) is 9.59 Å². The van der Waals surface area contributed by atoms with Crippen LogP contribution in [0.1, 0.15) is 54.7 Å². The first-order valence-corrected chi connectivity index (χ1v) is 9.61. The van der Waals surface area contributed by atoms with Gasteiger partial charge in [-0.05, 0) is 54.0 Å². The number of carbonyl (C=O) groups is 2. The van der Waals surface area contributed by atoms with Crippen LogP contribution in [0.2, 0.25) is 0 Å². The molecule has 0 atom stereocenters. The lowest BCUT2D eigenvalue weighted by Gasteiger charge is -2.14. The van der Waals surface area contributed by atoms with Gasteiger partial charge in [0.2, 0.25) is 0 Å². The largest absolute Gasteiger partial charge is 0.452 e. The summed E-state index contributed by atoms with van der Waals surface area (Å²) in [6.45, 7) is 8.11. The summed E-state index contributed by atoms with van der Waals surface area (Å²) >= 11 is 0. The minimum atomic E-state index is -0.485. The average molecular weight is 367 g/mol. The zero-order valence-electron chi connectivity index (χ0n) is 16.7. The number of hydrogen-bond donors (Lipinski definition) is 1. The van der Waals surface area contributed by atoms with E-state index >= 15 is 0 Å². The minimum Gasteiger partial charge on any atom is -0.452 e. The predicted octanol–water partition coefficient (Wildman–Crippen LogP) is 4.81. The van der Waals surface area contributed by atoms with Crippen molar-refractivity contribution in [1.82, 2.24) is 0 Å². The highest BCUT2D eigenvalue weighted by atomic mass is 16.5. The molecule has 0 aliphatic rings. The van der Waals surface area contributed by atoms with Crippen LogP contribution in [-0.2, 0) is 28.8 Å². The highest BCUT2D eigenvalue weighted by Crippen LogP contribution is 2.22. The maximum Gasteiger partial charge on any atom is 0.338 e. The molecule has 0 saturated heterocycles. The van der Waals surface area contributed by atoms with Crippen molar-refractivity contribution in [2.45, 2.75) is 47.0 Å². The molecule has 0 aromatic heterocycles. The highest BCUT2D eigenvalue weighted by molar-refractivity contribution is 5.96. The molecule has 0 fully saturated rings. The number of nitrogens with one attached hydrogen (secondary N) is 1. The van der Waals surface area contributed by atoms with Gasteiger partial charge in [0.1, 0.15) is 0 Å². The number of hydrogen-bond acceptors (Lipinski definition) is 3. The summed E-state index contributed by atoms with van der Waals surface area (Å²) < 4.78 is 5.18. The molecule has 1 amide bonds. The van der Waals surface area contributed by atoms with Gasteiger partial charge in [-0.3, -0.25) is 4.79 Å². The van der Waals surface area contributed by atoms with E-state index in [2.05, 4.69) is 19.2 Å². The van der Waals surface area contributed by atoms with E-state index in [4.69, 9.17) is 4.74 Å². The van der Waals surface area contributed by atoms with Crippen LogP contribution < -0.4 is 5.32 Å². The fraction of sp³-hybridized carbons (Fsp3) is 0.391. The van der Waals surface area contributed by atoms with Crippen LogP contribution in [0.15, 0.2) is 42.5 Å². The zero-order chi connectivity index (χ0) is 19.8. The minimum absolute atomic E-state index is 0.298. The molecule has 1 N–H and O–H groups in total. The molecule has 144 valence electrons. The van der Waals surface area contributed by atoms with E-state index in [1.54, 1.807) is 12.1 Å². The van der Waals surface area contributed by atoms with Crippen LogP contribution in [0.3, 0.4) is 0 Å². The van der Waals surface area contributed by atoms with E-state index in [-0.39, 0.29) is 12.5 Å². The number of rotatable bonds is 8. The van der Waals surface area contributed by atoms with Crippen molar-refractivity contribution in [3.05, 3.63) is 64.7 Å². The Morgan fingerprint density at radius 1 is 0.963 bits per heavy atom. The van der Waals surface area contributed by atoms with Gasteiger partial charge in [-0.15, -0.1) is 0 Å². The highest BCUT2D eigenvalue weighted by Gasteiger charge is 2.13. The summed E-state index contributed by atoms with van der Waals surface area (Å²) in [6.07, 6.45) is 2.62. The third-order valence-corrected chi connectivity index (χ3v) is 4.43. The lowest BCUT2D eigenvalue weighted by atomic mass is 10.0. The normalized spacial score (nSPS) is 10.7. The molecule has 4 nitrogen and oxygen atoms in total. The monoisotopic (exact) mass is 367 g/mol. The van der Waals surface area contributed by atoms with Crippen molar-refractivity contribution < 1.29 is 14.3 Å². The fourth-order valence-electron chi connectivity index (χ4n) is 3.04. The Bertz CT molecular complexity index is 756. The fourth-order valence-corrected chi connectivity index (χ4v) is 3.04.